The Morgan fingerprint density at radius 2 is 1.37 bits per heavy atom. The highest BCUT2D eigenvalue weighted by molar-refractivity contribution is 7.88. The predicted molar refractivity (Wildman–Crippen MR) is 79.6 cm³/mol. The summed E-state index contributed by atoms with van der Waals surface area (Å²) in [6, 6.07) is 17.9. The third-order valence-corrected chi connectivity index (χ3v) is 6.57. The van der Waals surface area contributed by atoms with E-state index in [1.54, 1.807) is 36.4 Å². The second-order valence-electron chi connectivity index (χ2n) is 4.76. The van der Waals surface area contributed by atoms with Crippen LogP contribution < -0.4 is 5.30 Å². The highest BCUT2D eigenvalue weighted by Crippen LogP contribution is 2.52. The normalized spacial score (nSPS) is 14.1. The number of hydrogen-bond donors (Lipinski definition) is 0. The number of carbonyl (C=O) groups excluding carboxylic acids is 1. The summed E-state index contributed by atoms with van der Waals surface area (Å²) < 4.78 is 13.3. The summed E-state index contributed by atoms with van der Waals surface area (Å²) in [6.07, 6.45) is 0. The molecule has 0 aliphatic heterocycles. The first-order valence-corrected chi connectivity index (χ1v) is 8.09. The van der Waals surface area contributed by atoms with Gasteiger partial charge in [0.15, 0.2) is 7.14 Å². The molecule has 0 aliphatic rings. The minimum Gasteiger partial charge on any atom is -0.310 e. The fourth-order valence-electron chi connectivity index (χ4n) is 2.07. The summed E-state index contributed by atoms with van der Waals surface area (Å²) in [5.41, 5.74) is 0.0558. The molecule has 0 amide bonds. The van der Waals surface area contributed by atoms with Crippen molar-refractivity contribution in [3.63, 3.8) is 0 Å². The second-order valence-corrected chi connectivity index (χ2v) is 8.03. The zero-order valence-electron chi connectivity index (χ0n) is 11.1. The van der Waals surface area contributed by atoms with Gasteiger partial charge in [-0.3, -0.25) is 4.79 Å². The number of carbonyl (C=O) groups is 1. The third-order valence-electron chi connectivity index (χ3n) is 3.19. The van der Waals surface area contributed by atoms with Crippen molar-refractivity contribution >= 4 is 18.0 Å². The maximum atomic E-state index is 13.3. The van der Waals surface area contributed by atoms with Crippen LogP contribution in [-0.2, 0) is 4.57 Å². The van der Waals surface area contributed by atoms with Gasteiger partial charge in [-0.05, 0) is 0 Å². The van der Waals surface area contributed by atoms with E-state index in [1.807, 2.05) is 38.1 Å². The first kappa shape index (κ1) is 13.8. The molecule has 0 aromatic heterocycles. The molecule has 0 radical (unpaired) electrons. The Kier molecular flexibility index (Phi) is 4.01. The average Bonchev–Trinajstić information content (AvgIpc) is 2.47. The van der Waals surface area contributed by atoms with Gasteiger partial charge in [0, 0.05) is 16.5 Å². The van der Waals surface area contributed by atoms with E-state index in [2.05, 4.69) is 0 Å². The van der Waals surface area contributed by atoms with Crippen molar-refractivity contribution in [1.29, 1.82) is 0 Å². The number of benzene rings is 2. The maximum absolute atomic E-state index is 13.3. The Labute approximate surface area is 113 Å². The Bertz CT molecular complexity index is 603. The number of rotatable bonds is 4. The summed E-state index contributed by atoms with van der Waals surface area (Å²) in [4.78, 5) is 12.6. The van der Waals surface area contributed by atoms with Crippen molar-refractivity contribution in [3.8, 4) is 0 Å². The molecule has 0 saturated heterocycles. The zero-order valence-corrected chi connectivity index (χ0v) is 12.0. The predicted octanol–water partition coefficient (Wildman–Crippen LogP) is 3.92. The molecule has 2 aromatic rings. The Balaban J connectivity index is 2.53. The Morgan fingerprint density at radius 3 is 1.84 bits per heavy atom. The molecule has 0 saturated carbocycles. The first-order valence-electron chi connectivity index (χ1n) is 6.32. The average molecular weight is 272 g/mol. The van der Waals surface area contributed by atoms with Gasteiger partial charge in [-0.15, -0.1) is 0 Å². The van der Waals surface area contributed by atoms with E-state index in [4.69, 9.17) is 0 Å². The van der Waals surface area contributed by atoms with Crippen LogP contribution in [-0.4, -0.2) is 11.2 Å². The second kappa shape index (κ2) is 5.54. The molecule has 0 N–H and O–H groups in total. The monoisotopic (exact) mass is 272 g/mol. The summed E-state index contributed by atoms with van der Waals surface area (Å²) >= 11 is 0. The lowest BCUT2D eigenvalue weighted by Crippen LogP contribution is -2.19. The van der Waals surface area contributed by atoms with Crippen LogP contribution >= 0.6 is 7.14 Å². The van der Waals surface area contributed by atoms with Crippen molar-refractivity contribution in [2.24, 2.45) is 0 Å². The van der Waals surface area contributed by atoms with Gasteiger partial charge in [0.1, 0.15) is 0 Å². The van der Waals surface area contributed by atoms with Crippen molar-refractivity contribution < 1.29 is 9.36 Å². The van der Waals surface area contributed by atoms with Crippen molar-refractivity contribution in [2.75, 3.05) is 0 Å². The van der Waals surface area contributed by atoms with Crippen LogP contribution in [0.15, 0.2) is 60.7 Å². The van der Waals surface area contributed by atoms with Crippen molar-refractivity contribution in [3.05, 3.63) is 66.2 Å². The van der Waals surface area contributed by atoms with Crippen LogP contribution in [0.3, 0.4) is 0 Å². The summed E-state index contributed by atoms with van der Waals surface area (Å²) in [5, 5.41) is 0.638. The molecule has 1 unspecified atom stereocenters. The molecular weight excluding hydrogens is 255 g/mol. The Hall–Kier alpha value is -1.66. The van der Waals surface area contributed by atoms with Gasteiger partial charge in [0.05, 0.1) is 0 Å². The molecule has 0 spiro atoms. The minimum absolute atomic E-state index is 0.206. The molecular formula is C16H17O2P. The van der Waals surface area contributed by atoms with Gasteiger partial charge in [-0.2, -0.15) is 0 Å². The Morgan fingerprint density at radius 1 is 0.895 bits per heavy atom. The molecule has 1 atom stereocenters. The fraction of sp³-hybridized carbons (Fsp3) is 0.188. The van der Waals surface area contributed by atoms with Crippen LogP contribution in [0.5, 0.6) is 0 Å². The van der Waals surface area contributed by atoms with Gasteiger partial charge in [-0.25, -0.2) is 0 Å². The molecule has 2 aromatic carbocycles. The SMILES string of the molecule is CC(C)P(=O)(C(=O)c1ccccc1)c1ccccc1. The van der Waals surface area contributed by atoms with E-state index in [1.165, 1.54) is 0 Å². The van der Waals surface area contributed by atoms with Crippen molar-refractivity contribution in [2.45, 2.75) is 19.5 Å². The van der Waals surface area contributed by atoms with Crippen LogP contribution in [0, 0.1) is 0 Å². The molecule has 2 rings (SSSR count). The molecule has 0 fully saturated rings. The number of hydrogen-bond acceptors (Lipinski definition) is 2. The van der Waals surface area contributed by atoms with E-state index in [0.717, 1.165) is 0 Å². The zero-order chi connectivity index (χ0) is 13.9. The molecule has 19 heavy (non-hydrogen) atoms. The van der Waals surface area contributed by atoms with E-state index in [9.17, 15) is 9.36 Å². The van der Waals surface area contributed by atoms with Crippen molar-refractivity contribution in [1.82, 2.24) is 0 Å². The van der Waals surface area contributed by atoms with Gasteiger partial charge >= 0.3 is 0 Å². The van der Waals surface area contributed by atoms with Gasteiger partial charge < -0.3 is 4.57 Å². The lowest BCUT2D eigenvalue weighted by Gasteiger charge is -2.21. The molecule has 3 heteroatoms. The van der Waals surface area contributed by atoms with E-state index < -0.39 is 7.14 Å². The van der Waals surface area contributed by atoms with Crippen LogP contribution in [0.25, 0.3) is 0 Å². The third kappa shape index (κ3) is 2.54. The topological polar surface area (TPSA) is 34.1 Å². The summed E-state index contributed by atoms with van der Waals surface area (Å²) in [5.74, 6) is 0. The lowest BCUT2D eigenvalue weighted by molar-refractivity contribution is 0.107. The van der Waals surface area contributed by atoms with E-state index in [-0.39, 0.29) is 11.2 Å². The first-order chi connectivity index (χ1) is 9.06. The van der Waals surface area contributed by atoms with Gasteiger partial charge in [-0.1, -0.05) is 74.5 Å². The maximum Gasteiger partial charge on any atom is 0.225 e. The minimum atomic E-state index is -3.10. The molecule has 0 heterocycles. The van der Waals surface area contributed by atoms with Gasteiger partial charge in [0.25, 0.3) is 0 Å². The highest BCUT2D eigenvalue weighted by atomic mass is 31.2. The van der Waals surface area contributed by atoms with E-state index >= 15 is 0 Å². The largest absolute Gasteiger partial charge is 0.310 e. The van der Waals surface area contributed by atoms with Gasteiger partial charge in [0.2, 0.25) is 5.52 Å². The molecule has 2 nitrogen and oxygen atoms in total. The quantitative estimate of drug-likeness (QED) is 0.790. The highest BCUT2D eigenvalue weighted by Gasteiger charge is 2.37. The fourth-order valence-corrected chi connectivity index (χ4v) is 4.52. The summed E-state index contributed by atoms with van der Waals surface area (Å²) in [7, 11) is -3.10. The smallest absolute Gasteiger partial charge is 0.225 e. The molecule has 0 bridgehead atoms. The van der Waals surface area contributed by atoms with Crippen LogP contribution in [0.4, 0.5) is 0 Å². The molecule has 98 valence electrons. The standard InChI is InChI=1S/C16H17O2P/c1-13(2)19(18,15-11-7-4-8-12-15)16(17)14-9-5-3-6-10-14/h3-13H,1-2H3. The van der Waals surface area contributed by atoms with E-state index in [0.29, 0.717) is 10.9 Å². The molecule has 0 aliphatic carbocycles. The van der Waals surface area contributed by atoms with Crippen LogP contribution in [0.2, 0.25) is 0 Å². The lowest BCUT2D eigenvalue weighted by atomic mass is 10.2. The summed E-state index contributed by atoms with van der Waals surface area (Å²) in [6.45, 7) is 3.68. The van der Waals surface area contributed by atoms with Crippen LogP contribution in [0.1, 0.15) is 24.2 Å².